The van der Waals surface area contributed by atoms with Crippen LogP contribution in [0, 0.1) is 0 Å². The van der Waals surface area contributed by atoms with E-state index in [0.717, 1.165) is 0 Å². The first-order valence-corrected chi connectivity index (χ1v) is 7.05. The van der Waals surface area contributed by atoms with Crippen molar-refractivity contribution >= 4 is 48.0 Å². The molecule has 0 saturated carbocycles. The topological polar surface area (TPSA) is 82.7 Å². The molecule has 1 aromatic carbocycles. The molecule has 0 aliphatic carbocycles. The molecule has 0 fully saturated rings. The average molecular weight is 381 g/mol. The normalized spacial score (nSPS) is 9.67. The molecule has 0 radical (unpaired) electrons. The minimum absolute atomic E-state index is 0. The minimum atomic E-state index is -0.125. The molecule has 0 spiro atoms. The molecule has 9 heteroatoms. The first kappa shape index (κ1) is 24.9. The third kappa shape index (κ3) is 11.2. The van der Waals surface area contributed by atoms with E-state index < -0.39 is 0 Å². The molecule has 2 amide bonds. The second-order valence-corrected chi connectivity index (χ2v) is 5.08. The van der Waals surface area contributed by atoms with Crippen molar-refractivity contribution in [2.75, 3.05) is 58.1 Å². The van der Waals surface area contributed by atoms with E-state index in [-0.39, 0.29) is 43.2 Å². The van der Waals surface area contributed by atoms with Gasteiger partial charge in [0.1, 0.15) is 0 Å². The van der Waals surface area contributed by atoms with E-state index in [1.807, 2.05) is 14.1 Å². The molecule has 24 heavy (non-hydrogen) atoms. The van der Waals surface area contributed by atoms with Gasteiger partial charge in [-0.1, -0.05) is 0 Å². The van der Waals surface area contributed by atoms with Crippen molar-refractivity contribution < 1.29 is 14.3 Å². The van der Waals surface area contributed by atoms with Crippen LogP contribution >= 0.6 is 24.8 Å². The van der Waals surface area contributed by atoms with Gasteiger partial charge in [-0.3, -0.25) is 9.59 Å². The molecule has 0 bridgehead atoms. The number of halogens is 2. The van der Waals surface area contributed by atoms with Crippen LogP contribution in [0.5, 0.6) is 0 Å². The molecule has 1 aromatic rings. The van der Waals surface area contributed by atoms with Gasteiger partial charge in [-0.25, -0.2) is 0 Å². The zero-order valence-corrected chi connectivity index (χ0v) is 15.8. The molecule has 0 unspecified atom stereocenters. The van der Waals surface area contributed by atoms with E-state index >= 15 is 0 Å². The lowest BCUT2D eigenvalue weighted by atomic mass is 10.2. The maximum atomic E-state index is 11.7. The molecule has 0 saturated heterocycles. The summed E-state index contributed by atoms with van der Waals surface area (Å²) in [6, 6.07) is 7.00. The van der Waals surface area contributed by atoms with E-state index in [4.69, 9.17) is 4.74 Å². The van der Waals surface area contributed by atoms with Crippen molar-refractivity contribution in [3.63, 3.8) is 0 Å². The first-order valence-electron chi connectivity index (χ1n) is 7.05. The molecule has 0 aliphatic rings. The van der Waals surface area contributed by atoms with E-state index in [1.165, 1.54) is 0 Å². The molecule has 0 heterocycles. The van der Waals surface area contributed by atoms with Gasteiger partial charge in [-0.05, 0) is 38.4 Å². The molecule has 1 rings (SSSR count). The summed E-state index contributed by atoms with van der Waals surface area (Å²) in [5, 5.41) is 8.51. The second-order valence-electron chi connectivity index (χ2n) is 5.08. The molecule has 7 nitrogen and oxygen atoms in total. The van der Waals surface area contributed by atoms with E-state index in [2.05, 4.69) is 16.0 Å². The SMILES string of the molecule is COCCNCC(=O)Nc1ccc(NC(=O)CN(C)C)cc1.Cl.Cl. The Morgan fingerprint density at radius 1 is 1.00 bits per heavy atom. The molecular formula is C15H26Cl2N4O3. The van der Waals surface area contributed by atoms with E-state index in [0.29, 0.717) is 31.1 Å². The number of nitrogens with one attached hydrogen (secondary N) is 3. The molecule has 0 aliphatic heterocycles. The Hall–Kier alpha value is -1.38. The van der Waals surface area contributed by atoms with Crippen LogP contribution in [0.2, 0.25) is 0 Å². The molecule has 3 N–H and O–H groups in total. The number of hydrogen-bond acceptors (Lipinski definition) is 5. The van der Waals surface area contributed by atoms with Gasteiger partial charge in [-0.2, -0.15) is 0 Å². The van der Waals surface area contributed by atoms with Gasteiger partial charge in [0.2, 0.25) is 11.8 Å². The third-order valence-corrected chi connectivity index (χ3v) is 2.68. The zero-order chi connectivity index (χ0) is 16.4. The Morgan fingerprint density at radius 2 is 1.50 bits per heavy atom. The number of carbonyl (C=O) groups excluding carboxylic acids is 2. The molecular weight excluding hydrogens is 355 g/mol. The molecule has 0 aromatic heterocycles. The zero-order valence-electron chi connectivity index (χ0n) is 14.1. The predicted molar refractivity (Wildman–Crippen MR) is 101 cm³/mol. The van der Waals surface area contributed by atoms with Crippen LogP contribution in [-0.2, 0) is 14.3 Å². The highest BCUT2D eigenvalue weighted by Gasteiger charge is 2.05. The van der Waals surface area contributed by atoms with Crippen molar-refractivity contribution in [2.24, 2.45) is 0 Å². The lowest BCUT2D eigenvalue weighted by Crippen LogP contribution is -2.30. The van der Waals surface area contributed by atoms with Crippen LogP contribution in [-0.4, -0.2) is 64.2 Å². The smallest absolute Gasteiger partial charge is 0.238 e. The van der Waals surface area contributed by atoms with E-state index in [9.17, 15) is 9.59 Å². The summed E-state index contributed by atoms with van der Waals surface area (Å²) >= 11 is 0. The van der Waals surface area contributed by atoms with Gasteiger partial charge in [0.25, 0.3) is 0 Å². The van der Waals surface area contributed by atoms with Gasteiger partial charge in [0.05, 0.1) is 19.7 Å². The van der Waals surface area contributed by atoms with Crippen LogP contribution in [0.4, 0.5) is 11.4 Å². The Labute approximate surface area is 155 Å². The molecule has 138 valence electrons. The number of carbonyl (C=O) groups is 2. The second kappa shape index (κ2) is 14.0. The van der Waals surface area contributed by atoms with Gasteiger partial charge in [-0.15, -0.1) is 24.8 Å². The summed E-state index contributed by atoms with van der Waals surface area (Å²) in [5.74, 6) is -0.204. The predicted octanol–water partition coefficient (Wildman–Crippen LogP) is 1.20. The van der Waals surface area contributed by atoms with Gasteiger partial charge in [0, 0.05) is 25.0 Å². The highest BCUT2D eigenvalue weighted by Crippen LogP contribution is 2.13. The van der Waals surface area contributed by atoms with Crippen LogP contribution < -0.4 is 16.0 Å². The summed E-state index contributed by atoms with van der Waals surface area (Å²) in [5.41, 5.74) is 1.38. The first-order chi connectivity index (χ1) is 10.5. The van der Waals surface area contributed by atoms with Crippen molar-refractivity contribution in [1.82, 2.24) is 10.2 Å². The average Bonchev–Trinajstić information content (AvgIpc) is 2.45. The van der Waals surface area contributed by atoms with Crippen molar-refractivity contribution in [1.29, 1.82) is 0 Å². The van der Waals surface area contributed by atoms with Gasteiger partial charge >= 0.3 is 0 Å². The Morgan fingerprint density at radius 3 is 1.96 bits per heavy atom. The fourth-order valence-corrected chi connectivity index (χ4v) is 1.71. The van der Waals surface area contributed by atoms with Crippen LogP contribution in [0.1, 0.15) is 0 Å². The van der Waals surface area contributed by atoms with Gasteiger partial charge < -0.3 is 25.6 Å². The summed E-state index contributed by atoms with van der Waals surface area (Å²) in [7, 11) is 5.28. The third-order valence-electron chi connectivity index (χ3n) is 2.68. The number of amides is 2. The molecule has 0 atom stereocenters. The summed E-state index contributed by atoms with van der Waals surface area (Å²) in [4.78, 5) is 25.1. The van der Waals surface area contributed by atoms with Crippen LogP contribution in [0.3, 0.4) is 0 Å². The Balaban J connectivity index is 0. The largest absolute Gasteiger partial charge is 0.383 e. The highest BCUT2D eigenvalue weighted by molar-refractivity contribution is 5.94. The highest BCUT2D eigenvalue weighted by atomic mass is 35.5. The van der Waals surface area contributed by atoms with Crippen molar-refractivity contribution in [3.05, 3.63) is 24.3 Å². The number of nitrogens with zero attached hydrogens (tertiary/aromatic N) is 1. The van der Waals surface area contributed by atoms with Crippen molar-refractivity contribution in [2.45, 2.75) is 0 Å². The number of likely N-dealkylation sites (N-methyl/N-ethyl adjacent to an activating group) is 1. The Bertz CT molecular complexity index is 484. The summed E-state index contributed by atoms with van der Waals surface area (Å²) in [6.45, 7) is 1.74. The lowest BCUT2D eigenvalue weighted by molar-refractivity contribution is -0.117. The van der Waals surface area contributed by atoms with E-state index in [1.54, 1.807) is 36.3 Å². The van der Waals surface area contributed by atoms with Gasteiger partial charge in [0.15, 0.2) is 0 Å². The monoisotopic (exact) mass is 380 g/mol. The minimum Gasteiger partial charge on any atom is -0.383 e. The number of ether oxygens (including phenoxy) is 1. The number of rotatable bonds is 9. The fraction of sp³-hybridized carbons (Fsp3) is 0.467. The number of anilines is 2. The lowest BCUT2D eigenvalue weighted by Gasteiger charge is -2.11. The maximum absolute atomic E-state index is 11.7. The quantitative estimate of drug-likeness (QED) is 0.560. The maximum Gasteiger partial charge on any atom is 0.238 e. The number of methoxy groups -OCH3 is 1. The fourth-order valence-electron chi connectivity index (χ4n) is 1.71. The van der Waals surface area contributed by atoms with Crippen LogP contribution in [0.15, 0.2) is 24.3 Å². The Kier molecular flexibility index (Phi) is 14.5. The standard InChI is InChI=1S/C15H24N4O3.2ClH/c1-19(2)11-15(21)18-13-6-4-12(5-7-13)17-14(20)10-16-8-9-22-3;;/h4-7,16H,8-11H2,1-3H3,(H,17,20)(H,18,21);2*1H. The van der Waals surface area contributed by atoms with Crippen molar-refractivity contribution in [3.8, 4) is 0 Å². The number of benzene rings is 1. The summed E-state index contributed by atoms with van der Waals surface area (Å²) in [6.07, 6.45) is 0. The number of hydrogen-bond donors (Lipinski definition) is 3. The summed E-state index contributed by atoms with van der Waals surface area (Å²) < 4.78 is 4.88. The van der Waals surface area contributed by atoms with Crippen LogP contribution in [0.25, 0.3) is 0 Å².